The summed E-state index contributed by atoms with van der Waals surface area (Å²) in [6, 6.07) is 34.1. The Hall–Kier alpha value is -3.06. The molecule has 1 nitrogen and oxygen atoms in total. The van der Waals surface area contributed by atoms with Crippen molar-refractivity contribution in [3.05, 3.63) is 103 Å². The van der Waals surface area contributed by atoms with Crippen molar-refractivity contribution < 1.29 is 0 Å². The maximum absolute atomic E-state index is 3.61. The van der Waals surface area contributed by atoms with Gasteiger partial charge >= 0.3 is 0 Å². The first-order valence-electron chi connectivity index (χ1n) is 8.26. The highest BCUT2D eigenvalue weighted by molar-refractivity contribution is 5.97. The molecule has 0 heterocycles. The molecule has 0 fully saturated rings. The highest BCUT2D eigenvalue weighted by Gasteiger charge is 2.05. The van der Waals surface area contributed by atoms with Crippen molar-refractivity contribution in [2.75, 3.05) is 5.32 Å². The minimum absolute atomic E-state index is 0.822. The lowest BCUT2D eigenvalue weighted by molar-refractivity contribution is 1.15. The molecule has 0 unspecified atom stereocenters. The van der Waals surface area contributed by atoms with Crippen LogP contribution in [-0.2, 0) is 6.54 Å². The minimum atomic E-state index is 0.822. The number of benzene rings is 4. The second-order valence-electron chi connectivity index (χ2n) is 5.95. The van der Waals surface area contributed by atoms with E-state index in [1.54, 1.807) is 0 Å². The molecule has 0 atom stereocenters. The molecule has 4 rings (SSSR count). The average Bonchev–Trinajstić information content (AvgIpc) is 2.67. The summed E-state index contributed by atoms with van der Waals surface area (Å²) in [4.78, 5) is 0. The predicted octanol–water partition coefficient (Wildman–Crippen LogP) is 6.12. The smallest absolute Gasteiger partial charge is 0.0428 e. The predicted molar refractivity (Wildman–Crippen MR) is 103 cm³/mol. The minimum Gasteiger partial charge on any atom is -0.380 e. The summed E-state index contributed by atoms with van der Waals surface area (Å²) in [7, 11) is 0. The maximum atomic E-state index is 3.61. The number of hydrogen-bond donors (Lipinski definition) is 1. The van der Waals surface area contributed by atoms with E-state index in [2.05, 4.69) is 102 Å². The van der Waals surface area contributed by atoms with Crippen LogP contribution in [0, 0.1) is 0 Å². The number of anilines is 1. The average molecular weight is 309 g/mol. The van der Waals surface area contributed by atoms with Crippen molar-refractivity contribution in [1.82, 2.24) is 0 Å². The van der Waals surface area contributed by atoms with Gasteiger partial charge in [-0.25, -0.2) is 0 Å². The van der Waals surface area contributed by atoms with Gasteiger partial charge in [-0.1, -0.05) is 84.9 Å². The molecule has 4 aromatic rings. The van der Waals surface area contributed by atoms with Gasteiger partial charge in [-0.2, -0.15) is 0 Å². The molecule has 0 aliphatic carbocycles. The molecule has 0 aliphatic heterocycles. The van der Waals surface area contributed by atoms with Gasteiger partial charge in [0.1, 0.15) is 0 Å². The first-order chi connectivity index (χ1) is 11.9. The van der Waals surface area contributed by atoms with Gasteiger partial charge in [0.25, 0.3) is 0 Å². The zero-order chi connectivity index (χ0) is 16.2. The fourth-order valence-electron chi connectivity index (χ4n) is 3.05. The molecule has 24 heavy (non-hydrogen) atoms. The molecule has 4 aromatic carbocycles. The van der Waals surface area contributed by atoms with E-state index < -0.39 is 0 Å². The fraction of sp³-hybridized carbons (Fsp3) is 0.0435. The van der Waals surface area contributed by atoms with Gasteiger partial charge in [0, 0.05) is 17.6 Å². The summed E-state index contributed by atoms with van der Waals surface area (Å²) in [5.74, 6) is 0. The highest BCUT2D eigenvalue weighted by Crippen LogP contribution is 2.31. The lowest BCUT2D eigenvalue weighted by Crippen LogP contribution is -2.00. The van der Waals surface area contributed by atoms with Crippen LogP contribution in [0.15, 0.2) is 97.1 Å². The molecule has 1 heteroatoms. The Kier molecular flexibility index (Phi) is 3.99. The monoisotopic (exact) mass is 309 g/mol. The largest absolute Gasteiger partial charge is 0.380 e. The van der Waals surface area contributed by atoms with Crippen molar-refractivity contribution >= 4 is 16.5 Å². The van der Waals surface area contributed by atoms with Crippen LogP contribution in [0.5, 0.6) is 0 Å². The zero-order valence-electron chi connectivity index (χ0n) is 13.4. The summed E-state index contributed by atoms with van der Waals surface area (Å²) < 4.78 is 0. The van der Waals surface area contributed by atoms with Crippen LogP contribution in [-0.4, -0.2) is 0 Å². The number of fused-ring (bicyclic) bond motifs is 1. The fourth-order valence-corrected chi connectivity index (χ4v) is 3.05. The molecule has 0 radical (unpaired) electrons. The van der Waals surface area contributed by atoms with Crippen LogP contribution < -0.4 is 5.32 Å². The van der Waals surface area contributed by atoms with Crippen molar-refractivity contribution in [1.29, 1.82) is 0 Å². The Morgan fingerprint density at radius 1 is 0.583 bits per heavy atom. The number of rotatable bonds is 4. The number of nitrogens with one attached hydrogen (secondary N) is 1. The van der Waals surface area contributed by atoms with Crippen LogP contribution in [0.25, 0.3) is 21.9 Å². The van der Waals surface area contributed by atoms with Crippen LogP contribution in [0.2, 0.25) is 0 Å². The van der Waals surface area contributed by atoms with E-state index in [9.17, 15) is 0 Å². The van der Waals surface area contributed by atoms with E-state index >= 15 is 0 Å². The summed E-state index contributed by atoms with van der Waals surface area (Å²) >= 11 is 0. The zero-order valence-corrected chi connectivity index (χ0v) is 13.4. The highest BCUT2D eigenvalue weighted by atomic mass is 14.9. The first-order valence-corrected chi connectivity index (χ1v) is 8.26. The molecular formula is C23H19N. The Balaban J connectivity index is 1.75. The summed E-state index contributed by atoms with van der Waals surface area (Å²) in [5.41, 5.74) is 4.94. The third-order valence-corrected chi connectivity index (χ3v) is 4.29. The van der Waals surface area contributed by atoms with Crippen LogP contribution in [0.3, 0.4) is 0 Å². The third-order valence-electron chi connectivity index (χ3n) is 4.29. The van der Waals surface area contributed by atoms with Crippen LogP contribution >= 0.6 is 0 Å². The molecule has 116 valence electrons. The molecular weight excluding hydrogens is 290 g/mol. The van der Waals surface area contributed by atoms with Crippen molar-refractivity contribution in [3.8, 4) is 11.1 Å². The first kappa shape index (κ1) is 14.5. The van der Waals surface area contributed by atoms with Crippen molar-refractivity contribution in [2.24, 2.45) is 0 Å². The summed E-state index contributed by atoms with van der Waals surface area (Å²) in [6.07, 6.45) is 0. The van der Waals surface area contributed by atoms with E-state index in [0.29, 0.717) is 0 Å². The lowest BCUT2D eigenvalue weighted by Gasteiger charge is -2.13. The third kappa shape index (κ3) is 3.02. The van der Waals surface area contributed by atoms with Crippen molar-refractivity contribution in [3.63, 3.8) is 0 Å². The number of hydrogen-bond acceptors (Lipinski definition) is 1. The molecule has 0 aliphatic rings. The Morgan fingerprint density at radius 2 is 1.25 bits per heavy atom. The van der Waals surface area contributed by atoms with Gasteiger partial charge < -0.3 is 5.32 Å². The lowest BCUT2D eigenvalue weighted by atomic mass is 9.99. The molecule has 1 N–H and O–H groups in total. The van der Waals surface area contributed by atoms with E-state index in [4.69, 9.17) is 0 Å². The van der Waals surface area contributed by atoms with Gasteiger partial charge in [0.2, 0.25) is 0 Å². The van der Waals surface area contributed by atoms with Crippen LogP contribution in [0.1, 0.15) is 5.56 Å². The second kappa shape index (κ2) is 6.59. The summed E-state index contributed by atoms with van der Waals surface area (Å²) in [6.45, 7) is 0.822. The van der Waals surface area contributed by atoms with E-state index in [1.807, 2.05) is 0 Å². The SMILES string of the molecule is c1ccc(CNc2cc(-c3ccccc3)cc3ccccc23)cc1. The van der Waals surface area contributed by atoms with E-state index in [-0.39, 0.29) is 0 Å². The van der Waals surface area contributed by atoms with Gasteiger partial charge in [0.05, 0.1) is 0 Å². The van der Waals surface area contributed by atoms with Crippen LogP contribution in [0.4, 0.5) is 5.69 Å². The van der Waals surface area contributed by atoms with E-state index in [0.717, 1.165) is 6.54 Å². The Bertz CT molecular complexity index is 943. The Morgan fingerprint density at radius 3 is 2.04 bits per heavy atom. The normalized spacial score (nSPS) is 10.7. The summed E-state index contributed by atoms with van der Waals surface area (Å²) in [5, 5.41) is 6.13. The van der Waals surface area contributed by atoms with Gasteiger partial charge in [-0.05, 0) is 34.2 Å². The van der Waals surface area contributed by atoms with Crippen molar-refractivity contribution in [2.45, 2.75) is 6.54 Å². The molecule has 0 spiro atoms. The maximum Gasteiger partial charge on any atom is 0.0428 e. The molecule has 0 saturated heterocycles. The van der Waals surface area contributed by atoms with E-state index in [1.165, 1.54) is 33.2 Å². The Labute approximate surface area is 142 Å². The molecule has 0 aromatic heterocycles. The standard InChI is InChI=1S/C23H19N/c1-3-9-18(10-4-1)17-24-23-16-21(19-11-5-2-6-12-19)15-20-13-7-8-14-22(20)23/h1-16,24H,17H2. The molecule has 0 amide bonds. The topological polar surface area (TPSA) is 12.0 Å². The molecule has 0 bridgehead atoms. The second-order valence-corrected chi connectivity index (χ2v) is 5.95. The van der Waals surface area contributed by atoms with Gasteiger partial charge in [-0.3, -0.25) is 0 Å². The quantitative estimate of drug-likeness (QED) is 0.479. The molecule has 0 saturated carbocycles. The van der Waals surface area contributed by atoms with Gasteiger partial charge in [-0.15, -0.1) is 0 Å². The van der Waals surface area contributed by atoms with Gasteiger partial charge in [0.15, 0.2) is 0 Å².